The van der Waals surface area contributed by atoms with Crippen molar-refractivity contribution in [1.82, 2.24) is 10.2 Å². The molecule has 0 spiro atoms. The minimum atomic E-state index is 0.349. The summed E-state index contributed by atoms with van der Waals surface area (Å²) in [7, 11) is 0. The Morgan fingerprint density at radius 2 is 1.88 bits per heavy atom. The van der Waals surface area contributed by atoms with E-state index in [0.29, 0.717) is 23.9 Å². The van der Waals surface area contributed by atoms with E-state index < -0.39 is 0 Å². The van der Waals surface area contributed by atoms with Gasteiger partial charge in [-0.2, -0.15) is 5.26 Å². The largest absolute Gasteiger partial charge is 0.438 e. The van der Waals surface area contributed by atoms with Crippen molar-refractivity contribution in [2.75, 3.05) is 5.73 Å². The molecule has 0 saturated heterocycles. The summed E-state index contributed by atoms with van der Waals surface area (Å²) in [6.45, 7) is 0. The van der Waals surface area contributed by atoms with Gasteiger partial charge < -0.3 is 10.5 Å². The molecular formula is C12H10N4O. The van der Waals surface area contributed by atoms with Crippen LogP contribution < -0.4 is 10.5 Å². The smallest absolute Gasteiger partial charge is 0.238 e. The molecule has 1 aromatic heterocycles. The van der Waals surface area contributed by atoms with Gasteiger partial charge in [0.25, 0.3) is 0 Å². The zero-order valence-corrected chi connectivity index (χ0v) is 9.00. The Bertz CT molecular complexity index is 528. The van der Waals surface area contributed by atoms with Crippen LogP contribution >= 0.6 is 0 Å². The van der Waals surface area contributed by atoms with Gasteiger partial charge in [-0.1, -0.05) is 12.1 Å². The minimum absolute atomic E-state index is 0.349. The van der Waals surface area contributed by atoms with Gasteiger partial charge in [0.15, 0.2) is 0 Å². The van der Waals surface area contributed by atoms with Gasteiger partial charge in [0.1, 0.15) is 11.6 Å². The van der Waals surface area contributed by atoms with Crippen molar-refractivity contribution in [3.63, 3.8) is 0 Å². The van der Waals surface area contributed by atoms with Crippen molar-refractivity contribution in [2.45, 2.75) is 6.42 Å². The Morgan fingerprint density at radius 1 is 1.12 bits per heavy atom. The van der Waals surface area contributed by atoms with Crippen molar-refractivity contribution in [3.05, 3.63) is 42.0 Å². The summed E-state index contributed by atoms with van der Waals surface area (Å²) in [4.78, 5) is 0. The molecule has 2 aromatic rings. The second-order valence-corrected chi connectivity index (χ2v) is 3.38. The second kappa shape index (κ2) is 4.94. The number of rotatable bonds is 3. The van der Waals surface area contributed by atoms with Crippen LogP contribution in [0.5, 0.6) is 11.6 Å². The first kappa shape index (κ1) is 10.9. The molecule has 17 heavy (non-hydrogen) atoms. The van der Waals surface area contributed by atoms with Gasteiger partial charge in [0, 0.05) is 6.07 Å². The molecule has 0 aliphatic heterocycles. The van der Waals surface area contributed by atoms with Gasteiger partial charge in [-0.15, -0.1) is 10.2 Å². The van der Waals surface area contributed by atoms with E-state index in [1.807, 2.05) is 12.1 Å². The Kier molecular flexibility index (Phi) is 3.17. The molecule has 0 unspecified atom stereocenters. The number of anilines is 1. The predicted octanol–water partition coefficient (Wildman–Crippen LogP) is 1.92. The maximum absolute atomic E-state index is 8.54. The standard InChI is InChI=1S/C12H10N4O/c13-8-7-9-1-3-10(4-2-9)17-12-6-5-11(14)15-16-12/h1-6H,7H2,(H2,14,15). The van der Waals surface area contributed by atoms with Gasteiger partial charge in [-0.05, 0) is 23.8 Å². The fraction of sp³-hybridized carbons (Fsp3) is 0.0833. The number of nitrogens with zero attached hydrogens (tertiary/aromatic N) is 3. The number of aromatic nitrogens is 2. The summed E-state index contributed by atoms with van der Waals surface area (Å²) in [5, 5.41) is 16.0. The summed E-state index contributed by atoms with van der Waals surface area (Å²) < 4.78 is 5.45. The number of nitrogen functional groups attached to an aromatic ring is 1. The van der Waals surface area contributed by atoms with Crippen LogP contribution in [-0.2, 0) is 6.42 Å². The fourth-order valence-electron chi connectivity index (χ4n) is 1.27. The summed E-state index contributed by atoms with van der Waals surface area (Å²) in [5.74, 6) is 1.37. The van der Waals surface area contributed by atoms with Gasteiger partial charge in [-0.3, -0.25) is 0 Å². The molecule has 1 aromatic carbocycles. The van der Waals surface area contributed by atoms with Crippen LogP contribution in [0.1, 0.15) is 5.56 Å². The molecule has 0 saturated carbocycles. The first-order valence-corrected chi connectivity index (χ1v) is 5.01. The van der Waals surface area contributed by atoms with Crippen LogP contribution in [0.2, 0.25) is 0 Å². The lowest BCUT2D eigenvalue weighted by atomic mass is 10.2. The van der Waals surface area contributed by atoms with Crippen molar-refractivity contribution in [1.29, 1.82) is 5.26 Å². The molecule has 0 radical (unpaired) electrons. The van der Waals surface area contributed by atoms with E-state index in [1.165, 1.54) is 0 Å². The van der Waals surface area contributed by atoms with Crippen LogP contribution in [-0.4, -0.2) is 10.2 Å². The normalized spacial score (nSPS) is 9.59. The van der Waals surface area contributed by atoms with E-state index >= 15 is 0 Å². The van der Waals surface area contributed by atoms with E-state index in [1.54, 1.807) is 24.3 Å². The maximum Gasteiger partial charge on any atom is 0.238 e. The number of ether oxygens (including phenoxy) is 1. The van der Waals surface area contributed by atoms with Crippen LogP contribution in [0.25, 0.3) is 0 Å². The van der Waals surface area contributed by atoms with Crippen LogP contribution in [0, 0.1) is 11.3 Å². The average molecular weight is 226 g/mol. The van der Waals surface area contributed by atoms with Gasteiger partial charge in [0.05, 0.1) is 12.5 Å². The third kappa shape index (κ3) is 2.92. The van der Waals surface area contributed by atoms with E-state index in [0.717, 1.165) is 5.56 Å². The topological polar surface area (TPSA) is 84.8 Å². The molecule has 0 atom stereocenters. The maximum atomic E-state index is 8.54. The average Bonchev–Trinajstić information content (AvgIpc) is 2.35. The second-order valence-electron chi connectivity index (χ2n) is 3.38. The van der Waals surface area contributed by atoms with Gasteiger partial charge in [0.2, 0.25) is 5.88 Å². The van der Waals surface area contributed by atoms with E-state index in [2.05, 4.69) is 16.3 Å². The highest BCUT2D eigenvalue weighted by molar-refractivity contribution is 5.33. The zero-order valence-electron chi connectivity index (χ0n) is 9.00. The zero-order chi connectivity index (χ0) is 12.1. The lowest BCUT2D eigenvalue weighted by Crippen LogP contribution is -1.94. The highest BCUT2D eigenvalue weighted by atomic mass is 16.5. The molecule has 5 nitrogen and oxygen atoms in total. The summed E-state index contributed by atoms with van der Waals surface area (Å²) in [5.41, 5.74) is 6.36. The van der Waals surface area contributed by atoms with Crippen molar-refractivity contribution in [3.8, 4) is 17.7 Å². The summed E-state index contributed by atoms with van der Waals surface area (Å²) >= 11 is 0. The van der Waals surface area contributed by atoms with Crippen molar-refractivity contribution < 1.29 is 4.74 Å². The monoisotopic (exact) mass is 226 g/mol. The molecule has 5 heteroatoms. The van der Waals surface area contributed by atoms with E-state index in [4.69, 9.17) is 15.7 Å². The Labute approximate surface area is 98.5 Å². The Morgan fingerprint density at radius 3 is 2.47 bits per heavy atom. The Balaban J connectivity index is 2.09. The van der Waals surface area contributed by atoms with Crippen molar-refractivity contribution in [2.24, 2.45) is 0 Å². The third-order valence-electron chi connectivity index (χ3n) is 2.09. The fourth-order valence-corrected chi connectivity index (χ4v) is 1.27. The Hall–Kier alpha value is -2.61. The summed E-state index contributed by atoms with van der Waals surface area (Å²) in [6.07, 6.45) is 0.391. The molecule has 0 amide bonds. The number of nitrogens with two attached hydrogens (primary N) is 1. The first-order chi connectivity index (χ1) is 8.28. The molecule has 0 aliphatic carbocycles. The first-order valence-electron chi connectivity index (χ1n) is 5.01. The predicted molar refractivity (Wildman–Crippen MR) is 62.3 cm³/mol. The lowest BCUT2D eigenvalue weighted by molar-refractivity contribution is 0.455. The number of hydrogen-bond acceptors (Lipinski definition) is 5. The minimum Gasteiger partial charge on any atom is -0.438 e. The highest BCUT2D eigenvalue weighted by Gasteiger charge is 1.99. The SMILES string of the molecule is N#CCc1ccc(Oc2ccc(N)nn2)cc1. The van der Waals surface area contributed by atoms with E-state index in [-0.39, 0.29) is 0 Å². The summed E-state index contributed by atoms with van der Waals surface area (Å²) in [6, 6.07) is 12.6. The quantitative estimate of drug-likeness (QED) is 0.864. The highest BCUT2D eigenvalue weighted by Crippen LogP contribution is 2.19. The van der Waals surface area contributed by atoms with Gasteiger partial charge >= 0.3 is 0 Å². The molecule has 0 bridgehead atoms. The molecule has 84 valence electrons. The van der Waals surface area contributed by atoms with Gasteiger partial charge in [-0.25, -0.2) is 0 Å². The molecule has 1 heterocycles. The molecule has 2 rings (SSSR count). The lowest BCUT2D eigenvalue weighted by Gasteiger charge is -2.04. The third-order valence-corrected chi connectivity index (χ3v) is 2.09. The molecule has 2 N–H and O–H groups in total. The van der Waals surface area contributed by atoms with Crippen LogP contribution in [0.15, 0.2) is 36.4 Å². The van der Waals surface area contributed by atoms with Crippen molar-refractivity contribution >= 4 is 5.82 Å². The molecular weight excluding hydrogens is 216 g/mol. The molecule has 0 fully saturated rings. The van der Waals surface area contributed by atoms with Crippen LogP contribution in [0.4, 0.5) is 5.82 Å². The molecule has 0 aliphatic rings. The van der Waals surface area contributed by atoms with E-state index in [9.17, 15) is 0 Å². The number of hydrogen-bond donors (Lipinski definition) is 1. The number of nitriles is 1. The number of benzene rings is 1. The van der Waals surface area contributed by atoms with Crippen LogP contribution in [0.3, 0.4) is 0 Å².